The van der Waals surface area contributed by atoms with Gasteiger partial charge in [-0.1, -0.05) is 23.7 Å². The van der Waals surface area contributed by atoms with E-state index in [4.69, 9.17) is 21.1 Å². The van der Waals surface area contributed by atoms with Gasteiger partial charge in [-0.15, -0.1) is 0 Å². The molecule has 0 saturated heterocycles. The number of urea groups is 2. The number of ether oxygens (including phenoxy) is 2. The number of anilines is 5. The minimum atomic E-state index is -0.458. The molecule has 0 aliphatic rings. The predicted octanol–water partition coefficient (Wildman–Crippen LogP) is 5.89. The topological polar surface area (TPSA) is 168 Å². The first-order valence-electron chi connectivity index (χ1n) is 14.2. The minimum Gasteiger partial charge on any atom is -0.497 e. The molecule has 0 radical (unpaired) electrons. The van der Waals surface area contributed by atoms with Crippen LogP contribution in [0.15, 0.2) is 60.7 Å². The number of aromatic nitrogens is 4. The van der Waals surface area contributed by atoms with Gasteiger partial charge >= 0.3 is 12.1 Å². The summed E-state index contributed by atoms with van der Waals surface area (Å²) >= 11 is 5.79. The van der Waals surface area contributed by atoms with Gasteiger partial charge < -0.3 is 30.3 Å². The van der Waals surface area contributed by atoms with Crippen LogP contribution < -0.4 is 36.1 Å². The molecule has 244 valence electrons. The summed E-state index contributed by atoms with van der Waals surface area (Å²) < 4.78 is 10.2. The number of carbonyl (C=O) groups excluding carboxylic acids is 2. The zero-order valence-electron chi connectivity index (χ0n) is 26.6. The summed E-state index contributed by atoms with van der Waals surface area (Å²) in [5.41, 5.74) is 2.66. The Morgan fingerprint density at radius 2 is 1.26 bits per heavy atom. The van der Waals surface area contributed by atoms with E-state index in [0.29, 0.717) is 34.4 Å². The Labute approximate surface area is 273 Å². The van der Waals surface area contributed by atoms with Gasteiger partial charge in [-0.05, 0) is 71.2 Å². The second kappa shape index (κ2) is 17.9. The molecular formula is C31H39ClN10O4. The van der Waals surface area contributed by atoms with Gasteiger partial charge in [0.1, 0.15) is 22.5 Å². The van der Waals surface area contributed by atoms with Crippen LogP contribution in [0.5, 0.6) is 11.5 Å². The van der Waals surface area contributed by atoms with E-state index in [1.54, 1.807) is 75.7 Å². The average molecular weight is 651 g/mol. The highest BCUT2D eigenvalue weighted by molar-refractivity contribution is 6.29. The van der Waals surface area contributed by atoms with Crippen molar-refractivity contribution in [1.82, 2.24) is 24.8 Å². The lowest BCUT2D eigenvalue weighted by Crippen LogP contribution is -2.21. The fourth-order valence-electron chi connectivity index (χ4n) is 3.84. The zero-order chi connectivity index (χ0) is 33.5. The van der Waals surface area contributed by atoms with Crippen LogP contribution in [0, 0.1) is 13.8 Å². The van der Waals surface area contributed by atoms with Gasteiger partial charge in [0.2, 0.25) is 11.9 Å². The van der Waals surface area contributed by atoms with Crippen LogP contribution in [-0.4, -0.2) is 78.3 Å². The number of hydrogen-bond donors (Lipinski definition) is 5. The van der Waals surface area contributed by atoms with Crippen molar-refractivity contribution >= 4 is 52.8 Å². The molecule has 0 bridgehead atoms. The number of amides is 4. The molecule has 14 nitrogen and oxygen atoms in total. The number of carbonyl (C=O) groups is 2. The summed E-state index contributed by atoms with van der Waals surface area (Å²) in [5.74, 6) is 2.40. The van der Waals surface area contributed by atoms with E-state index in [1.807, 2.05) is 27.1 Å². The first kappa shape index (κ1) is 35.3. The number of hydrogen-bond acceptors (Lipinski definition) is 10. The average Bonchev–Trinajstić information content (AvgIpc) is 2.99. The Morgan fingerprint density at radius 1 is 0.739 bits per heavy atom. The first-order valence-corrected chi connectivity index (χ1v) is 14.6. The maximum absolute atomic E-state index is 12.2. The zero-order valence-corrected chi connectivity index (χ0v) is 27.4. The Hall–Kier alpha value is -5.21. The van der Waals surface area contributed by atoms with Crippen molar-refractivity contribution in [1.29, 1.82) is 0 Å². The highest BCUT2D eigenvalue weighted by Gasteiger charge is 2.09. The number of nitrogens with zero attached hydrogens (tertiary/aromatic N) is 5. The molecule has 15 heteroatoms. The molecule has 0 aliphatic carbocycles. The van der Waals surface area contributed by atoms with Crippen LogP contribution in [0.1, 0.15) is 17.8 Å². The van der Waals surface area contributed by atoms with Crippen LogP contribution in [-0.2, 0) is 0 Å². The van der Waals surface area contributed by atoms with Crippen molar-refractivity contribution in [3.63, 3.8) is 0 Å². The van der Waals surface area contributed by atoms with Crippen molar-refractivity contribution in [3.8, 4) is 11.5 Å². The van der Waals surface area contributed by atoms with E-state index in [0.717, 1.165) is 25.2 Å². The highest BCUT2D eigenvalue weighted by atomic mass is 35.5. The summed E-state index contributed by atoms with van der Waals surface area (Å²) in [6, 6.07) is 16.7. The number of nitrogens with one attached hydrogen (secondary N) is 5. The lowest BCUT2D eigenvalue weighted by molar-refractivity contribution is 0.261. The van der Waals surface area contributed by atoms with E-state index < -0.39 is 12.1 Å². The van der Waals surface area contributed by atoms with E-state index >= 15 is 0 Å². The fourth-order valence-corrected chi connectivity index (χ4v) is 4.08. The summed E-state index contributed by atoms with van der Waals surface area (Å²) in [4.78, 5) is 42.7. The molecule has 0 aliphatic heterocycles. The molecule has 0 unspecified atom stereocenters. The molecule has 2 heterocycles. The van der Waals surface area contributed by atoms with Crippen molar-refractivity contribution in [2.24, 2.45) is 0 Å². The third kappa shape index (κ3) is 12.8. The smallest absolute Gasteiger partial charge is 0.326 e. The molecule has 4 amide bonds. The maximum atomic E-state index is 12.2. The van der Waals surface area contributed by atoms with Gasteiger partial charge in [-0.3, -0.25) is 10.6 Å². The van der Waals surface area contributed by atoms with E-state index in [-0.39, 0.29) is 17.0 Å². The van der Waals surface area contributed by atoms with Gasteiger partial charge in [-0.2, -0.15) is 4.98 Å². The number of halogens is 1. The Kier molecular flexibility index (Phi) is 13.7. The van der Waals surface area contributed by atoms with Crippen LogP contribution in [0.25, 0.3) is 0 Å². The summed E-state index contributed by atoms with van der Waals surface area (Å²) in [6.45, 7) is 5.41. The fraction of sp³-hybridized carbons (Fsp3) is 0.290. The summed E-state index contributed by atoms with van der Waals surface area (Å²) in [7, 11) is 7.21. The van der Waals surface area contributed by atoms with Crippen LogP contribution in [0.2, 0.25) is 5.15 Å². The quantitative estimate of drug-likeness (QED) is 0.0975. The third-order valence-corrected chi connectivity index (χ3v) is 6.06. The number of methoxy groups -OCH3 is 2. The standard InChI is InChI=1S/C18H26N6O2.C13H13ClN4O2/c1-13-11-16(19-9-6-10-24(2)3)22-17(20-13)23-18(25)21-14-7-5-8-15(12-14)26-4;1-8-6-11(14)17-12(15-8)18-13(19)16-9-4-3-5-10(7-9)20-2/h5,7-8,11-12H,6,9-10H2,1-4H3,(H3,19,20,21,22,23,25);3-7H,1-2H3,(H2,15,16,17,18,19). The molecule has 2 aromatic heterocycles. The number of aryl methyl sites for hydroxylation is 2. The lowest BCUT2D eigenvalue weighted by atomic mass is 10.3. The summed E-state index contributed by atoms with van der Waals surface area (Å²) in [6.07, 6.45) is 0.995. The molecule has 5 N–H and O–H groups in total. The Balaban J connectivity index is 0.000000259. The molecule has 0 fully saturated rings. The predicted molar refractivity (Wildman–Crippen MR) is 181 cm³/mol. The highest BCUT2D eigenvalue weighted by Crippen LogP contribution is 2.18. The summed E-state index contributed by atoms with van der Waals surface area (Å²) in [5, 5.41) is 14.1. The number of benzene rings is 2. The molecule has 4 rings (SSSR count). The molecule has 4 aromatic rings. The van der Waals surface area contributed by atoms with Crippen molar-refractivity contribution in [2.75, 3.05) is 68.0 Å². The molecule has 0 spiro atoms. The van der Waals surface area contributed by atoms with Crippen LogP contribution in [0.3, 0.4) is 0 Å². The van der Waals surface area contributed by atoms with Crippen LogP contribution >= 0.6 is 11.6 Å². The molecule has 0 saturated carbocycles. The van der Waals surface area contributed by atoms with E-state index in [9.17, 15) is 9.59 Å². The van der Waals surface area contributed by atoms with Gasteiger partial charge in [0.05, 0.1) is 14.2 Å². The largest absolute Gasteiger partial charge is 0.497 e. The van der Waals surface area contributed by atoms with E-state index in [1.165, 1.54) is 0 Å². The third-order valence-electron chi connectivity index (χ3n) is 5.87. The lowest BCUT2D eigenvalue weighted by Gasteiger charge is -2.12. The van der Waals surface area contributed by atoms with Gasteiger partial charge in [0.15, 0.2) is 0 Å². The van der Waals surface area contributed by atoms with Crippen LogP contribution in [0.4, 0.5) is 38.7 Å². The second-order valence-electron chi connectivity index (χ2n) is 10.1. The van der Waals surface area contributed by atoms with E-state index in [2.05, 4.69) is 51.4 Å². The SMILES string of the molecule is COc1cccc(NC(=O)Nc2nc(C)cc(Cl)n2)c1.COc1cccc(NC(=O)Nc2nc(C)cc(NCCCN(C)C)n2)c1. The van der Waals surface area contributed by atoms with Gasteiger partial charge in [0, 0.05) is 47.5 Å². The van der Waals surface area contributed by atoms with Crippen molar-refractivity contribution in [3.05, 3.63) is 77.2 Å². The molecule has 0 atom stereocenters. The Morgan fingerprint density at radius 3 is 1.76 bits per heavy atom. The molecule has 2 aromatic carbocycles. The Bertz CT molecular complexity index is 1590. The molecular weight excluding hydrogens is 612 g/mol. The normalized spacial score (nSPS) is 10.3. The second-order valence-corrected chi connectivity index (χ2v) is 10.5. The maximum Gasteiger partial charge on any atom is 0.326 e. The van der Waals surface area contributed by atoms with Gasteiger partial charge in [-0.25, -0.2) is 24.5 Å². The van der Waals surface area contributed by atoms with Crippen molar-refractivity contribution in [2.45, 2.75) is 20.3 Å². The van der Waals surface area contributed by atoms with Gasteiger partial charge in [0.25, 0.3) is 0 Å². The minimum absolute atomic E-state index is 0.149. The monoisotopic (exact) mass is 650 g/mol. The first-order chi connectivity index (χ1) is 22.0. The number of rotatable bonds is 11. The van der Waals surface area contributed by atoms with Crippen molar-refractivity contribution < 1.29 is 19.1 Å². The molecule has 46 heavy (non-hydrogen) atoms.